The molecule has 2 aromatic rings. The number of rotatable bonds is 18. The average molecular weight is 667 g/mol. The van der Waals surface area contributed by atoms with Crippen molar-refractivity contribution < 1.29 is 0 Å². The molecule has 0 aliphatic heterocycles. The number of hydrogen-bond donors (Lipinski definition) is 0. The molecule has 0 aromatic heterocycles. The fourth-order valence-corrected chi connectivity index (χ4v) is 22.8. The number of benzene rings is 2. The van der Waals surface area contributed by atoms with Gasteiger partial charge in [-0.2, -0.15) is 7.41 Å². The molecular weight excluding hydrogens is 600 g/mol. The van der Waals surface area contributed by atoms with Gasteiger partial charge < -0.3 is 35.3 Å². The summed E-state index contributed by atoms with van der Waals surface area (Å²) in [6.45, 7) is 38.9. The Bertz CT molecular complexity index is 943. The largest absolute Gasteiger partial charge is 0.550 e. The summed E-state index contributed by atoms with van der Waals surface area (Å²) >= 11 is 0. The van der Waals surface area contributed by atoms with E-state index in [-0.39, 0.29) is 13.4 Å². The Morgan fingerprint density at radius 1 is 0.378 bits per heavy atom. The third-order valence-corrected chi connectivity index (χ3v) is 22.2. The van der Waals surface area contributed by atoms with Crippen molar-refractivity contribution in [3.05, 3.63) is 60.7 Å². The Labute approximate surface area is 285 Å². The molecule has 0 unspecified atom stereocenters. The second-order valence-electron chi connectivity index (χ2n) is 14.9. The molecule has 0 radical (unpaired) electrons. The second-order valence-corrected chi connectivity index (χ2v) is 25.5. The predicted molar refractivity (Wildman–Crippen MR) is 212 cm³/mol. The lowest BCUT2D eigenvalue weighted by Crippen LogP contribution is -2.67. The fraction of sp³-hybridized carbons (Fsp3) is 0.667. The molecule has 2 rings (SSSR count). The summed E-state index contributed by atoms with van der Waals surface area (Å²) in [6, 6.07) is 26.8. The van der Waals surface area contributed by atoms with Crippen LogP contribution in [-0.4, -0.2) is 88.4 Å². The Kier molecular flexibility index (Phi) is 16.5. The average Bonchev–Trinajstić information content (AvgIpc) is 2.91. The Morgan fingerprint density at radius 3 is 0.756 bits per heavy atom. The van der Waals surface area contributed by atoms with Crippen molar-refractivity contribution in [2.75, 3.05) is 0 Å². The zero-order valence-corrected chi connectivity index (χ0v) is 34.5. The minimum Gasteiger partial charge on any atom is -0.550 e. The Hall–Kier alpha value is -0.513. The van der Waals surface area contributed by atoms with Crippen molar-refractivity contribution in [1.29, 1.82) is 0 Å². The summed E-state index contributed by atoms with van der Waals surface area (Å²) in [5.74, 6) is 0. The summed E-state index contributed by atoms with van der Waals surface area (Å²) in [5.41, 5.74) is 0. The van der Waals surface area contributed by atoms with E-state index in [1.807, 2.05) is 0 Å². The lowest BCUT2D eigenvalue weighted by Gasteiger charge is -2.68. The van der Waals surface area contributed by atoms with Gasteiger partial charge in [0.2, 0.25) is 0 Å². The van der Waals surface area contributed by atoms with Crippen LogP contribution in [0.25, 0.3) is 0 Å². The maximum atomic E-state index is 2.81. The van der Waals surface area contributed by atoms with Gasteiger partial charge in [-0.25, -0.2) is 0 Å². The van der Waals surface area contributed by atoms with E-state index >= 15 is 0 Å². The first-order valence-electron chi connectivity index (χ1n) is 17.6. The van der Waals surface area contributed by atoms with E-state index in [9.17, 15) is 0 Å². The lowest BCUT2D eigenvalue weighted by molar-refractivity contribution is 0.233. The minimum atomic E-state index is -2.51. The molecule has 0 aliphatic rings. The molecule has 2 aromatic carbocycles. The molecule has 0 saturated carbocycles. The van der Waals surface area contributed by atoms with Crippen LogP contribution in [0.3, 0.4) is 0 Å². The predicted octanol–water partition coefficient (Wildman–Crippen LogP) is 8.58. The molecule has 4 nitrogen and oxygen atoms in total. The van der Waals surface area contributed by atoms with Crippen molar-refractivity contribution in [1.82, 2.24) is 19.2 Å². The first-order valence-corrected chi connectivity index (χ1v) is 23.2. The van der Waals surface area contributed by atoms with Gasteiger partial charge in [0.25, 0.3) is 0 Å². The van der Waals surface area contributed by atoms with E-state index in [1.54, 1.807) is 0 Å². The van der Waals surface area contributed by atoms with E-state index in [2.05, 4.69) is 191 Å². The van der Waals surface area contributed by atoms with E-state index in [4.69, 9.17) is 0 Å². The molecule has 0 N–H and O–H groups in total. The molecule has 0 fully saturated rings. The highest BCUT2D eigenvalue weighted by Crippen LogP contribution is 2.49. The zero-order chi connectivity index (χ0) is 34.2. The summed E-state index contributed by atoms with van der Waals surface area (Å²) < 4.78 is 0. The first kappa shape index (κ1) is 40.7. The van der Waals surface area contributed by atoms with Gasteiger partial charge in [0.05, 0.1) is 0 Å². The van der Waals surface area contributed by atoms with Gasteiger partial charge in [-0.3, -0.25) is 0 Å². The van der Waals surface area contributed by atoms with Crippen LogP contribution in [-0.2, 0) is 0 Å². The van der Waals surface area contributed by atoms with Crippen LogP contribution in [0.2, 0.25) is 0 Å². The SMILES string of the molecule is CC(C)N(B([P-][Si]([P-]B(N(C(C)C)C(C)C)N(C(C)C)C(C)C)(c1ccccc1)c1ccccc1)N(C(C)C)C(C)C)C(C)C. The van der Waals surface area contributed by atoms with Crippen molar-refractivity contribution in [2.45, 2.75) is 159 Å². The molecule has 0 amide bonds. The highest BCUT2D eigenvalue weighted by atomic mass is 31.6. The second kappa shape index (κ2) is 18.3. The van der Waals surface area contributed by atoms with Gasteiger partial charge in [-0.15, -0.1) is 10.4 Å². The molecule has 0 spiro atoms. The van der Waals surface area contributed by atoms with Crippen LogP contribution < -0.4 is 10.4 Å². The Balaban J connectivity index is 3.11. The molecule has 252 valence electrons. The maximum absolute atomic E-state index is 2.81. The molecule has 0 saturated heterocycles. The first-order chi connectivity index (χ1) is 21.0. The third kappa shape index (κ3) is 10.2. The van der Waals surface area contributed by atoms with Crippen LogP contribution >= 0.6 is 16.0 Å². The van der Waals surface area contributed by atoms with Gasteiger partial charge in [-0.1, -0.05) is 171 Å². The van der Waals surface area contributed by atoms with Crippen molar-refractivity contribution >= 4 is 47.2 Å². The van der Waals surface area contributed by atoms with Gasteiger partial charge in [0.15, 0.2) is 0 Å². The molecule has 0 atom stereocenters. The quantitative estimate of drug-likeness (QED) is 0.117. The molecule has 0 aliphatic carbocycles. The molecule has 9 heteroatoms. The van der Waals surface area contributed by atoms with Crippen LogP contribution in [0.5, 0.6) is 0 Å². The zero-order valence-electron chi connectivity index (χ0n) is 31.7. The van der Waals surface area contributed by atoms with Crippen LogP contribution in [0.15, 0.2) is 60.7 Å². The minimum absolute atomic E-state index is 0.281. The lowest BCUT2D eigenvalue weighted by atomic mass is 9.91. The number of nitrogens with zero attached hydrogens (tertiary/aromatic N) is 4. The molecular formula is C36H66B2N4P2Si-2. The van der Waals surface area contributed by atoms with Crippen LogP contribution in [0.1, 0.15) is 111 Å². The molecule has 0 bridgehead atoms. The molecule has 45 heavy (non-hydrogen) atoms. The van der Waals surface area contributed by atoms with Crippen molar-refractivity contribution in [3.63, 3.8) is 0 Å². The van der Waals surface area contributed by atoms with Crippen molar-refractivity contribution in [2.24, 2.45) is 0 Å². The van der Waals surface area contributed by atoms with E-state index in [0.717, 1.165) is 0 Å². The topological polar surface area (TPSA) is 13.0 Å². The summed E-state index contributed by atoms with van der Waals surface area (Å²) in [6.07, 6.45) is 0. The van der Waals surface area contributed by atoms with Crippen molar-refractivity contribution in [3.8, 4) is 0 Å². The van der Waals surface area contributed by atoms with Crippen LogP contribution in [0, 0.1) is 0 Å². The van der Waals surface area contributed by atoms with Crippen LogP contribution in [0.4, 0.5) is 0 Å². The third-order valence-electron chi connectivity index (χ3n) is 8.79. The number of hydrogen-bond acceptors (Lipinski definition) is 4. The van der Waals surface area contributed by atoms with Gasteiger partial charge in [0.1, 0.15) is 13.4 Å². The summed E-state index contributed by atoms with van der Waals surface area (Å²) in [4.78, 5) is 11.2. The van der Waals surface area contributed by atoms with E-state index < -0.39 is 7.41 Å². The monoisotopic (exact) mass is 666 g/mol. The smallest absolute Gasteiger partial charge is 0.130 e. The summed E-state index contributed by atoms with van der Waals surface area (Å²) in [5, 5.41) is 3.07. The van der Waals surface area contributed by atoms with E-state index in [0.29, 0.717) is 48.3 Å². The maximum Gasteiger partial charge on any atom is 0.130 e. The van der Waals surface area contributed by atoms with Gasteiger partial charge >= 0.3 is 0 Å². The highest BCUT2D eigenvalue weighted by Gasteiger charge is 2.35. The molecule has 0 heterocycles. The Morgan fingerprint density at radius 2 is 0.578 bits per heavy atom. The fourth-order valence-electron chi connectivity index (χ4n) is 7.27. The standard InChI is InChI=1S/C36H66B2N4P2Si/c1-27(2)39(28(3)4)37(40(29(5)6)30(7)8)43-45(35-23-19-17-20-24-35,36-25-21-18-22-26-36)44-38(41(31(9)10)32(11)12)42(33(13)14)34(15)16/h17-34H,1-16H3/q-2. The van der Waals surface area contributed by atoms with E-state index in [1.165, 1.54) is 26.4 Å². The summed E-state index contributed by atoms with van der Waals surface area (Å²) in [7, 11) is 0.543. The van der Waals surface area contributed by atoms with Gasteiger partial charge in [-0.05, 0) is 48.3 Å². The van der Waals surface area contributed by atoms with Gasteiger partial charge in [0, 0.05) is 0 Å². The normalized spacial score (nSPS) is 13.8. The highest BCUT2D eigenvalue weighted by molar-refractivity contribution is 8.33.